The van der Waals surface area contributed by atoms with Crippen LogP contribution in [0, 0.1) is 0 Å². The van der Waals surface area contributed by atoms with Crippen molar-refractivity contribution in [3.05, 3.63) is 17.2 Å². The molecule has 0 spiro atoms. The Morgan fingerprint density at radius 1 is 1.77 bits per heavy atom. The lowest BCUT2D eigenvalue weighted by molar-refractivity contribution is 0.403. The highest BCUT2D eigenvalue weighted by atomic mass is 35.5. The Balaban J connectivity index is 2.38. The zero-order valence-electron chi connectivity index (χ0n) is 7.70. The topological polar surface area (TPSA) is 43.8 Å². The summed E-state index contributed by atoms with van der Waals surface area (Å²) < 4.78 is 2.07. The highest BCUT2D eigenvalue weighted by Gasteiger charge is 2.25. The molecule has 13 heavy (non-hydrogen) atoms. The summed E-state index contributed by atoms with van der Waals surface area (Å²) in [6, 6.07) is 0.164. The van der Waals surface area contributed by atoms with Crippen LogP contribution >= 0.6 is 11.6 Å². The van der Waals surface area contributed by atoms with Gasteiger partial charge in [0.05, 0.1) is 6.20 Å². The number of nitrogens with zero attached hydrogens (tertiary/aromatic N) is 2. The molecule has 0 saturated heterocycles. The number of aromatic nitrogens is 2. The summed E-state index contributed by atoms with van der Waals surface area (Å²) in [6.45, 7) is 3.01. The van der Waals surface area contributed by atoms with E-state index in [-0.39, 0.29) is 6.04 Å². The van der Waals surface area contributed by atoms with Crippen LogP contribution in [0.15, 0.2) is 6.20 Å². The Morgan fingerprint density at radius 3 is 3.23 bits per heavy atom. The summed E-state index contributed by atoms with van der Waals surface area (Å²) >= 11 is 5.99. The number of imidazole rings is 1. The van der Waals surface area contributed by atoms with E-state index in [0.717, 1.165) is 30.4 Å². The van der Waals surface area contributed by atoms with E-state index in [0.29, 0.717) is 5.92 Å². The van der Waals surface area contributed by atoms with Crippen LogP contribution in [0.25, 0.3) is 0 Å². The number of nitrogens with two attached hydrogens (primary N) is 1. The molecule has 4 heteroatoms. The van der Waals surface area contributed by atoms with Crippen LogP contribution in [0.2, 0.25) is 5.15 Å². The van der Waals surface area contributed by atoms with Gasteiger partial charge in [0.1, 0.15) is 11.0 Å². The Morgan fingerprint density at radius 2 is 2.54 bits per heavy atom. The molecule has 2 rings (SSSR count). The summed E-state index contributed by atoms with van der Waals surface area (Å²) in [4.78, 5) is 4.31. The molecule has 0 aromatic carbocycles. The molecule has 1 aromatic heterocycles. The van der Waals surface area contributed by atoms with Gasteiger partial charge in [0.2, 0.25) is 0 Å². The van der Waals surface area contributed by atoms with Crippen LogP contribution in [-0.2, 0) is 6.54 Å². The average molecular weight is 200 g/mol. The van der Waals surface area contributed by atoms with Gasteiger partial charge in [0, 0.05) is 18.5 Å². The van der Waals surface area contributed by atoms with E-state index in [4.69, 9.17) is 17.3 Å². The van der Waals surface area contributed by atoms with Gasteiger partial charge in [0.25, 0.3) is 0 Å². The second kappa shape index (κ2) is 3.31. The third kappa shape index (κ3) is 1.46. The molecule has 3 nitrogen and oxygen atoms in total. The lowest BCUT2D eigenvalue weighted by atomic mass is 9.93. The Bertz CT molecular complexity index is 306. The van der Waals surface area contributed by atoms with Crippen LogP contribution in [0.1, 0.15) is 31.5 Å². The molecule has 2 atom stereocenters. The summed E-state index contributed by atoms with van der Waals surface area (Å²) in [7, 11) is 0. The molecule has 2 N–H and O–H groups in total. The van der Waals surface area contributed by atoms with E-state index in [1.54, 1.807) is 6.20 Å². The highest BCUT2D eigenvalue weighted by Crippen LogP contribution is 2.30. The third-order valence-electron chi connectivity index (χ3n) is 2.70. The zero-order valence-corrected chi connectivity index (χ0v) is 8.46. The Labute approximate surface area is 82.9 Å². The maximum atomic E-state index is 5.99. The van der Waals surface area contributed by atoms with Crippen molar-refractivity contribution in [3.63, 3.8) is 0 Å². The van der Waals surface area contributed by atoms with Gasteiger partial charge in [-0.1, -0.05) is 11.6 Å². The number of fused-ring (bicyclic) bond motifs is 1. The molecule has 72 valence electrons. The summed E-state index contributed by atoms with van der Waals surface area (Å²) in [6.07, 6.45) is 4.00. The predicted molar refractivity (Wildman–Crippen MR) is 52.9 cm³/mol. The molecule has 0 radical (unpaired) electrons. The van der Waals surface area contributed by atoms with Crippen molar-refractivity contribution in [3.8, 4) is 0 Å². The van der Waals surface area contributed by atoms with Crippen LogP contribution in [0.5, 0.6) is 0 Å². The monoisotopic (exact) mass is 199 g/mol. The van der Waals surface area contributed by atoms with Crippen molar-refractivity contribution in [2.45, 2.75) is 38.3 Å². The maximum absolute atomic E-state index is 5.99. The fourth-order valence-corrected chi connectivity index (χ4v) is 2.20. The van der Waals surface area contributed by atoms with Gasteiger partial charge in [-0.3, -0.25) is 0 Å². The molecule has 1 aliphatic heterocycles. The molecular weight excluding hydrogens is 186 g/mol. The largest absolute Gasteiger partial charge is 0.327 e. The normalized spacial score (nSPS) is 24.1. The van der Waals surface area contributed by atoms with Crippen LogP contribution < -0.4 is 5.73 Å². The van der Waals surface area contributed by atoms with E-state index < -0.39 is 0 Å². The maximum Gasteiger partial charge on any atom is 0.128 e. The molecule has 1 aliphatic rings. The fourth-order valence-electron chi connectivity index (χ4n) is 1.98. The fraction of sp³-hybridized carbons (Fsp3) is 0.667. The van der Waals surface area contributed by atoms with Gasteiger partial charge in [-0.2, -0.15) is 0 Å². The van der Waals surface area contributed by atoms with Crippen LogP contribution in [0.4, 0.5) is 0 Å². The lowest BCUT2D eigenvalue weighted by Crippen LogP contribution is -2.30. The van der Waals surface area contributed by atoms with Crippen LogP contribution in [0.3, 0.4) is 0 Å². The molecule has 2 unspecified atom stereocenters. The van der Waals surface area contributed by atoms with Gasteiger partial charge in [-0.15, -0.1) is 0 Å². The van der Waals surface area contributed by atoms with Gasteiger partial charge < -0.3 is 10.3 Å². The first-order valence-electron chi connectivity index (χ1n) is 4.66. The van der Waals surface area contributed by atoms with Gasteiger partial charge in [-0.05, 0) is 19.8 Å². The van der Waals surface area contributed by atoms with E-state index in [1.165, 1.54) is 0 Å². The quantitative estimate of drug-likeness (QED) is 0.749. The first kappa shape index (κ1) is 9.03. The molecule has 0 bridgehead atoms. The van der Waals surface area contributed by atoms with Crippen molar-refractivity contribution >= 4 is 11.6 Å². The first-order chi connectivity index (χ1) is 6.20. The first-order valence-corrected chi connectivity index (χ1v) is 5.04. The minimum absolute atomic E-state index is 0.164. The van der Waals surface area contributed by atoms with Crippen LogP contribution in [-0.4, -0.2) is 15.6 Å². The minimum Gasteiger partial charge on any atom is -0.327 e. The van der Waals surface area contributed by atoms with Crippen molar-refractivity contribution < 1.29 is 0 Å². The number of hydrogen-bond acceptors (Lipinski definition) is 2. The minimum atomic E-state index is 0.164. The molecule has 0 aliphatic carbocycles. The van der Waals surface area contributed by atoms with E-state index in [2.05, 4.69) is 9.55 Å². The highest BCUT2D eigenvalue weighted by molar-refractivity contribution is 6.29. The van der Waals surface area contributed by atoms with E-state index in [1.807, 2.05) is 6.92 Å². The second-order valence-electron chi connectivity index (χ2n) is 3.70. The summed E-state index contributed by atoms with van der Waals surface area (Å²) in [5, 5.41) is 0.736. The number of halogens is 1. The third-order valence-corrected chi connectivity index (χ3v) is 3.00. The number of hydrogen-bond donors (Lipinski definition) is 1. The smallest absolute Gasteiger partial charge is 0.128 e. The average Bonchev–Trinajstić information content (AvgIpc) is 2.48. The molecule has 0 amide bonds. The Hall–Kier alpha value is -0.540. The standard InChI is InChI=1S/C9H14ClN3/c1-6(11)7-3-2-4-13-8(10)5-12-9(7)13/h5-7H,2-4,11H2,1H3. The van der Waals surface area contributed by atoms with Gasteiger partial charge in [-0.25, -0.2) is 4.98 Å². The molecule has 0 fully saturated rings. The lowest BCUT2D eigenvalue weighted by Gasteiger charge is -2.26. The SMILES string of the molecule is CC(N)C1CCCn2c(Cl)cnc21. The second-order valence-corrected chi connectivity index (χ2v) is 4.09. The molecule has 2 heterocycles. The molecule has 1 aromatic rings. The zero-order chi connectivity index (χ0) is 9.42. The van der Waals surface area contributed by atoms with E-state index in [9.17, 15) is 0 Å². The van der Waals surface area contributed by atoms with Crippen molar-refractivity contribution in [2.24, 2.45) is 5.73 Å². The van der Waals surface area contributed by atoms with Crippen molar-refractivity contribution in [1.82, 2.24) is 9.55 Å². The Kier molecular flexibility index (Phi) is 2.30. The number of rotatable bonds is 1. The molecular formula is C9H14ClN3. The van der Waals surface area contributed by atoms with E-state index >= 15 is 0 Å². The van der Waals surface area contributed by atoms with Gasteiger partial charge in [0.15, 0.2) is 0 Å². The molecule has 0 saturated carbocycles. The van der Waals surface area contributed by atoms with Gasteiger partial charge >= 0.3 is 0 Å². The summed E-state index contributed by atoms with van der Waals surface area (Å²) in [5.74, 6) is 1.44. The summed E-state index contributed by atoms with van der Waals surface area (Å²) in [5.41, 5.74) is 5.89. The van der Waals surface area contributed by atoms with Crippen molar-refractivity contribution in [2.75, 3.05) is 0 Å². The predicted octanol–water partition coefficient (Wildman–Crippen LogP) is 1.76. The van der Waals surface area contributed by atoms with Crippen molar-refractivity contribution in [1.29, 1.82) is 0 Å².